The van der Waals surface area contributed by atoms with Crippen LogP contribution in [0.3, 0.4) is 0 Å². The fourth-order valence-electron chi connectivity index (χ4n) is 1.17. The molecule has 0 saturated carbocycles. The van der Waals surface area contributed by atoms with Crippen LogP contribution in [0.5, 0.6) is 0 Å². The smallest absolute Gasteiger partial charge is 0.280 e. The van der Waals surface area contributed by atoms with E-state index in [9.17, 15) is 4.79 Å². The van der Waals surface area contributed by atoms with Gasteiger partial charge in [0.15, 0.2) is 28.4 Å². The van der Waals surface area contributed by atoms with Gasteiger partial charge in [0.2, 0.25) is 0 Å². The number of halogens is 1. The normalized spacial score (nSPS) is 11.7. The zero-order valence-electron chi connectivity index (χ0n) is 10.6. The van der Waals surface area contributed by atoms with Crippen LogP contribution < -0.4 is 22.1 Å². The van der Waals surface area contributed by atoms with E-state index in [-0.39, 0.29) is 34.5 Å². The molecule has 1 heterocycles. The summed E-state index contributed by atoms with van der Waals surface area (Å²) in [5, 5.41) is 12.5. The average molecular weight is 286 g/mol. The fraction of sp³-hybridized carbons (Fsp3) is 0.400. The highest BCUT2D eigenvalue weighted by Crippen LogP contribution is 2.16. The number of carbonyl (C=O) groups excluding carboxylic acids is 1. The number of guanidine groups is 1. The Balaban J connectivity index is 2.79. The standard InChI is InChI=1S/C10H16ClN7O/c1-3-4(2)15-10(14)18-9(19)5-7(12)17-8(13)6(11)16-5/h4H,3H2,1-2H3,(H4,12,13,17)(H3,14,15,18,19). The number of carbonyl (C=O) groups is 1. The molecule has 1 rings (SSSR count). The van der Waals surface area contributed by atoms with Crippen LogP contribution in [-0.4, -0.2) is 27.9 Å². The first-order valence-electron chi connectivity index (χ1n) is 5.60. The highest BCUT2D eigenvalue weighted by atomic mass is 35.5. The Bertz CT molecular complexity index is 505. The first kappa shape index (κ1) is 15.0. The Morgan fingerprint density at radius 3 is 2.63 bits per heavy atom. The minimum atomic E-state index is -0.673. The summed E-state index contributed by atoms with van der Waals surface area (Å²) < 4.78 is 0. The summed E-state index contributed by atoms with van der Waals surface area (Å²) in [5.74, 6) is -1.01. The topological polar surface area (TPSA) is 143 Å². The van der Waals surface area contributed by atoms with Crippen molar-refractivity contribution in [3.8, 4) is 0 Å². The van der Waals surface area contributed by atoms with E-state index in [1.807, 2.05) is 13.8 Å². The lowest BCUT2D eigenvalue weighted by atomic mass is 10.3. The predicted molar refractivity (Wildman–Crippen MR) is 73.9 cm³/mol. The van der Waals surface area contributed by atoms with Crippen LogP contribution in [0.4, 0.5) is 11.6 Å². The third-order valence-electron chi connectivity index (χ3n) is 2.36. The number of nitrogen functional groups attached to an aromatic ring is 2. The van der Waals surface area contributed by atoms with Gasteiger partial charge in [-0.05, 0) is 13.3 Å². The molecule has 1 amide bonds. The molecule has 9 heteroatoms. The molecule has 0 aliphatic rings. The number of anilines is 2. The third kappa shape index (κ3) is 3.95. The van der Waals surface area contributed by atoms with Gasteiger partial charge >= 0.3 is 0 Å². The molecule has 1 aromatic rings. The summed E-state index contributed by atoms with van der Waals surface area (Å²) in [6.45, 7) is 3.84. The van der Waals surface area contributed by atoms with Crippen LogP contribution in [0.15, 0.2) is 0 Å². The number of rotatable bonds is 3. The second-order valence-corrected chi connectivity index (χ2v) is 4.27. The molecule has 8 nitrogen and oxygen atoms in total. The lowest BCUT2D eigenvalue weighted by Crippen LogP contribution is -2.44. The van der Waals surface area contributed by atoms with Crippen molar-refractivity contribution in [3.63, 3.8) is 0 Å². The lowest BCUT2D eigenvalue weighted by molar-refractivity contribution is 0.0971. The van der Waals surface area contributed by atoms with Crippen LogP contribution in [0.1, 0.15) is 30.8 Å². The first-order chi connectivity index (χ1) is 8.85. The summed E-state index contributed by atoms with van der Waals surface area (Å²) >= 11 is 5.67. The van der Waals surface area contributed by atoms with E-state index in [1.54, 1.807) is 0 Å². The second kappa shape index (κ2) is 6.19. The summed E-state index contributed by atoms with van der Waals surface area (Å²) in [6.07, 6.45) is 0.813. The van der Waals surface area contributed by atoms with Crippen molar-refractivity contribution in [2.24, 2.45) is 0 Å². The summed E-state index contributed by atoms with van der Waals surface area (Å²) in [7, 11) is 0. The minimum absolute atomic E-state index is 0.0523. The number of nitrogens with zero attached hydrogens (tertiary/aromatic N) is 2. The summed E-state index contributed by atoms with van der Waals surface area (Å²) in [6, 6.07) is 0.0613. The van der Waals surface area contributed by atoms with Crippen molar-refractivity contribution in [2.45, 2.75) is 26.3 Å². The zero-order chi connectivity index (χ0) is 14.6. The van der Waals surface area contributed by atoms with E-state index in [4.69, 9.17) is 28.5 Å². The molecule has 104 valence electrons. The van der Waals surface area contributed by atoms with Gasteiger partial charge in [-0.15, -0.1) is 0 Å². The SMILES string of the molecule is CCC(C)NC(=N)NC(=O)c1nc(Cl)c(N)nc1N. The van der Waals surface area contributed by atoms with Crippen LogP contribution in [0.25, 0.3) is 0 Å². The van der Waals surface area contributed by atoms with E-state index in [0.717, 1.165) is 6.42 Å². The Labute approximate surface area is 115 Å². The Morgan fingerprint density at radius 1 is 1.42 bits per heavy atom. The van der Waals surface area contributed by atoms with Gasteiger partial charge in [-0.3, -0.25) is 15.5 Å². The molecule has 7 N–H and O–H groups in total. The van der Waals surface area contributed by atoms with Gasteiger partial charge in [0.05, 0.1) is 0 Å². The number of nitrogens with two attached hydrogens (primary N) is 2. The fourth-order valence-corrected chi connectivity index (χ4v) is 1.29. The van der Waals surface area contributed by atoms with E-state index >= 15 is 0 Å². The molecule has 1 unspecified atom stereocenters. The molecule has 0 spiro atoms. The van der Waals surface area contributed by atoms with Gasteiger partial charge in [0, 0.05) is 6.04 Å². The monoisotopic (exact) mass is 285 g/mol. The minimum Gasteiger partial charge on any atom is -0.382 e. The van der Waals surface area contributed by atoms with Crippen molar-refractivity contribution < 1.29 is 4.79 Å². The largest absolute Gasteiger partial charge is 0.382 e. The van der Waals surface area contributed by atoms with Gasteiger partial charge in [-0.1, -0.05) is 18.5 Å². The molecule has 1 aromatic heterocycles. The van der Waals surface area contributed by atoms with E-state index in [2.05, 4.69) is 20.6 Å². The summed E-state index contributed by atoms with van der Waals surface area (Å²) in [4.78, 5) is 19.3. The van der Waals surface area contributed by atoms with Crippen molar-refractivity contribution in [2.75, 3.05) is 11.5 Å². The maximum absolute atomic E-state index is 11.8. The molecular formula is C10H16ClN7O. The Morgan fingerprint density at radius 2 is 2.05 bits per heavy atom. The molecule has 0 aliphatic carbocycles. The molecular weight excluding hydrogens is 270 g/mol. The van der Waals surface area contributed by atoms with Crippen molar-refractivity contribution in [1.82, 2.24) is 20.6 Å². The molecule has 0 aromatic carbocycles. The summed E-state index contributed by atoms with van der Waals surface area (Å²) in [5.41, 5.74) is 10.8. The van der Waals surface area contributed by atoms with Crippen LogP contribution >= 0.6 is 11.6 Å². The Hall–Kier alpha value is -2.09. The molecule has 0 bridgehead atoms. The van der Waals surface area contributed by atoms with Crippen molar-refractivity contribution in [1.29, 1.82) is 5.41 Å². The van der Waals surface area contributed by atoms with E-state index < -0.39 is 5.91 Å². The third-order valence-corrected chi connectivity index (χ3v) is 2.64. The lowest BCUT2D eigenvalue weighted by Gasteiger charge is -2.14. The van der Waals surface area contributed by atoms with Gasteiger partial charge in [0.1, 0.15) is 0 Å². The highest BCUT2D eigenvalue weighted by molar-refractivity contribution is 6.31. The molecule has 1 atom stereocenters. The zero-order valence-corrected chi connectivity index (χ0v) is 11.4. The van der Waals surface area contributed by atoms with Crippen molar-refractivity contribution in [3.05, 3.63) is 10.8 Å². The second-order valence-electron chi connectivity index (χ2n) is 3.92. The Kier molecular flexibility index (Phi) is 4.87. The number of hydrogen-bond acceptors (Lipinski definition) is 6. The molecule has 0 fully saturated rings. The molecule has 0 radical (unpaired) electrons. The van der Waals surface area contributed by atoms with Gasteiger partial charge in [-0.2, -0.15) is 0 Å². The number of hydrogen-bond donors (Lipinski definition) is 5. The number of nitrogens with one attached hydrogen (secondary N) is 3. The maximum atomic E-state index is 11.8. The maximum Gasteiger partial charge on any atom is 0.280 e. The number of amides is 1. The average Bonchev–Trinajstić information content (AvgIpc) is 2.33. The van der Waals surface area contributed by atoms with Gasteiger partial charge in [-0.25, -0.2) is 9.97 Å². The highest BCUT2D eigenvalue weighted by Gasteiger charge is 2.17. The molecule has 19 heavy (non-hydrogen) atoms. The van der Waals surface area contributed by atoms with Crippen LogP contribution in [0.2, 0.25) is 5.15 Å². The molecule has 0 saturated heterocycles. The first-order valence-corrected chi connectivity index (χ1v) is 5.97. The molecule has 0 aliphatic heterocycles. The quantitative estimate of drug-likeness (QED) is 0.400. The van der Waals surface area contributed by atoms with Crippen molar-refractivity contribution >= 4 is 35.1 Å². The van der Waals surface area contributed by atoms with E-state index in [1.165, 1.54) is 0 Å². The van der Waals surface area contributed by atoms with Gasteiger partial charge in [0.25, 0.3) is 5.91 Å². The predicted octanol–water partition coefficient (Wildman–Crippen LogP) is 0.347. The van der Waals surface area contributed by atoms with E-state index in [0.29, 0.717) is 0 Å². The van der Waals surface area contributed by atoms with Crippen LogP contribution in [0, 0.1) is 5.41 Å². The number of aromatic nitrogens is 2. The van der Waals surface area contributed by atoms with Gasteiger partial charge < -0.3 is 16.8 Å². The van der Waals surface area contributed by atoms with Crippen LogP contribution in [-0.2, 0) is 0 Å².